The summed E-state index contributed by atoms with van der Waals surface area (Å²) < 4.78 is 10.2. The summed E-state index contributed by atoms with van der Waals surface area (Å²) in [7, 11) is 3.06. The number of benzene rings is 2. The van der Waals surface area contributed by atoms with E-state index in [9.17, 15) is 4.79 Å². The average Bonchev–Trinajstić information content (AvgIpc) is 3.12. The van der Waals surface area contributed by atoms with E-state index in [2.05, 4.69) is 4.90 Å². The van der Waals surface area contributed by atoms with Crippen LogP contribution < -0.4 is 9.64 Å². The fourth-order valence-corrected chi connectivity index (χ4v) is 3.12. The summed E-state index contributed by atoms with van der Waals surface area (Å²) in [6, 6.07) is 11.8. The Morgan fingerprint density at radius 1 is 1.08 bits per heavy atom. The summed E-state index contributed by atoms with van der Waals surface area (Å²) in [6.07, 6.45) is 1.91. The van der Waals surface area contributed by atoms with Gasteiger partial charge in [-0.25, -0.2) is 9.79 Å². The van der Waals surface area contributed by atoms with Crippen LogP contribution >= 0.6 is 0 Å². The van der Waals surface area contributed by atoms with Crippen LogP contribution in [-0.2, 0) is 4.74 Å². The van der Waals surface area contributed by atoms with Crippen molar-refractivity contribution >= 4 is 23.2 Å². The Morgan fingerprint density at radius 2 is 1.77 bits per heavy atom. The number of methoxy groups -OCH3 is 2. The number of ether oxygens (including phenoxy) is 2. The number of hydrogen-bond donors (Lipinski definition) is 0. The van der Waals surface area contributed by atoms with Crippen LogP contribution in [0, 0.1) is 13.8 Å². The van der Waals surface area contributed by atoms with Gasteiger partial charge in [-0.2, -0.15) is 0 Å². The van der Waals surface area contributed by atoms with E-state index in [0.29, 0.717) is 11.3 Å². The average molecular weight is 352 g/mol. The molecule has 2 aromatic carbocycles. The second-order valence-electron chi connectivity index (χ2n) is 6.43. The van der Waals surface area contributed by atoms with Gasteiger partial charge in [0.15, 0.2) is 0 Å². The van der Waals surface area contributed by atoms with E-state index in [0.717, 1.165) is 47.8 Å². The fraction of sp³-hybridized carbons (Fsp3) is 0.333. The Morgan fingerprint density at radius 3 is 2.42 bits per heavy atom. The minimum absolute atomic E-state index is 0.360. The third-order valence-electron chi connectivity index (χ3n) is 4.74. The van der Waals surface area contributed by atoms with Crippen molar-refractivity contribution in [2.75, 3.05) is 25.7 Å². The lowest BCUT2D eigenvalue weighted by molar-refractivity contribution is 0.0601. The molecule has 2 aromatic rings. The zero-order valence-corrected chi connectivity index (χ0v) is 15.7. The molecular weight excluding hydrogens is 328 g/mol. The number of hydrogen-bond acceptors (Lipinski definition) is 4. The molecule has 0 spiro atoms. The van der Waals surface area contributed by atoms with Crippen molar-refractivity contribution < 1.29 is 14.3 Å². The Kier molecular flexibility index (Phi) is 5.26. The molecule has 0 aromatic heterocycles. The second-order valence-corrected chi connectivity index (χ2v) is 6.43. The topological polar surface area (TPSA) is 51.1 Å². The lowest BCUT2D eigenvalue weighted by atomic mass is 10.0. The quantitative estimate of drug-likeness (QED) is 0.764. The van der Waals surface area contributed by atoms with Crippen molar-refractivity contribution in [3.8, 4) is 5.75 Å². The van der Waals surface area contributed by atoms with E-state index in [-0.39, 0.29) is 5.97 Å². The Hall–Kier alpha value is -2.82. The van der Waals surface area contributed by atoms with Crippen LogP contribution in [0.15, 0.2) is 41.4 Å². The standard InChI is InChI=1S/C21H24N2O3/c1-14-12-18(21(24)26-4)19(13-15(14)2)22-20-6-5-11-23(20)16-7-9-17(25-3)10-8-16/h7-10,12-13H,5-6,11H2,1-4H3. The van der Waals surface area contributed by atoms with Crippen LogP contribution in [-0.4, -0.2) is 32.6 Å². The Bertz CT molecular complexity index is 841. The SMILES string of the molecule is COC(=O)c1cc(C)c(C)cc1N=C1CCCN1c1ccc(OC)cc1. The van der Waals surface area contributed by atoms with Crippen molar-refractivity contribution in [3.05, 3.63) is 53.1 Å². The van der Waals surface area contributed by atoms with Gasteiger partial charge in [0.2, 0.25) is 0 Å². The third kappa shape index (κ3) is 3.57. The van der Waals surface area contributed by atoms with E-state index in [1.54, 1.807) is 7.11 Å². The van der Waals surface area contributed by atoms with Crippen LogP contribution in [0.4, 0.5) is 11.4 Å². The van der Waals surface area contributed by atoms with E-state index >= 15 is 0 Å². The smallest absolute Gasteiger partial charge is 0.340 e. The van der Waals surface area contributed by atoms with Gasteiger partial charge in [0.1, 0.15) is 11.6 Å². The number of anilines is 1. The zero-order chi connectivity index (χ0) is 18.7. The molecule has 0 saturated carbocycles. The molecule has 3 rings (SSSR count). The number of rotatable bonds is 4. The highest BCUT2D eigenvalue weighted by Gasteiger charge is 2.22. The van der Waals surface area contributed by atoms with Gasteiger partial charge >= 0.3 is 5.97 Å². The van der Waals surface area contributed by atoms with E-state index in [1.165, 1.54) is 7.11 Å². The van der Waals surface area contributed by atoms with Crippen molar-refractivity contribution in [2.45, 2.75) is 26.7 Å². The van der Waals surface area contributed by atoms with Gasteiger partial charge in [-0.3, -0.25) is 0 Å². The van der Waals surface area contributed by atoms with Gasteiger partial charge in [0, 0.05) is 18.7 Å². The maximum Gasteiger partial charge on any atom is 0.340 e. The molecule has 0 unspecified atom stereocenters. The van der Waals surface area contributed by atoms with Gasteiger partial charge in [-0.15, -0.1) is 0 Å². The predicted molar refractivity (Wildman–Crippen MR) is 104 cm³/mol. The lowest BCUT2D eigenvalue weighted by Crippen LogP contribution is -2.24. The summed E-state index contributed by atoms with van der Waals surface area (Å²) in [6.45, 7) is 4.91. The van der Waals surface area contributed by atoms with Crippen LogP contribution in [0.25, 0.3) is 0 Å². The molecule has 136 valence electrons. The first-order chi connectivity index (χ1) is 12.5. The number of aliphatic imine (C=N–C) groups is 1. The van der Waals surface area contributed by atoms with E-state index in [4.69, 9.17) is 14.5 Å². The monoisotopic (exact) mass is 352 g/mol. The van der Waals surface area contributed by atoms with Crippen molar-refractivity contribution in [3.63, 3.8) is 0 Å². The van der Waals surface area contributed by atoms with Crippen LogP contribution in [0.1, 0.15) is 34.3 Å². The minimum Gasteiger partial charge on any atom is -0.497 e. The molecule has 0 amide bonds. The summed E-state index contributed by atoms with van der Waals surface area (Å²) in [4.78, 5) is 19.2. The first kappa shape index (κ1) is 18.0. The maximum atomic E-state index is 12.2. The molecular formula is C21H24N2O3. The number of amidine groups is 1. The summed E-state index contributed by atoms with van der Waals surface area (Å²) in [5.74, 6) is 1.43. The molecule has 0 radical (unpaired) electrons. The van der Waals surface area contributed by atoms with Gasteiger partial charge in [-0.1, -0.05) is 0 Å². The van der Waals surface area contributed by atoms with Crippen LogP contribution in [0.2, 0.25) is 0 Å². The molecule has 0 N–H and O–H groups in total. The molecule has 0 atom stereocenters. The number of esters is 1. The molecule has 1 aliphatic heterocycles. The maximum absolute atomic E-state index is 12.2. The molecule has 5 nitrogen and oxygen atoms in total. The highest BCUT2D eigenvalue weighted by molar-refractivity contribution is 6.03. The molecule has 1 aliphatic rings. The molecule has 1 heterocycles. The number of carbonyl (C=O) groups excluding carboxylic acids is 1. The molecule has 1 saturated heterocycles. The molecule has 0 bridgehead atoms. The van der Waals surface area contributed by atoms with Crippen molar-refractivity contribution in [1.82, 2.24) is 0 Å². The highest BCUT2D eigenvalue weighted by Crippen LogP contribution is 2.29. The first-order valence-corrected chi connectivity index (χ1v) is 8.72. The summed E-state index contributed by atoms with van der Waals surface area (Å²) in [5.41, 5.74) is 4.39. The molecule has 26 heavy (non-hydrogen) atoms. The number of carbonyl (C=O) groups is 1. The Balaban J connectivity index is 2.00. The largest absolute Gasteiger partial charge is 0.497 e. The van der Waals surface area contributed by atoms with Crippen LogP contribution in [0.3, 0.4) is 0 Å². The van der Waals surface area contributed by atoms with E-state index in [1.807, 2.05) is 50.2 Å². The third-order valence-corrected chi connectivity index (χ3v) is 4.74. The van der Waals surface area contributed by atoms with Gasteiger partial charge in [0.05, 0.1) is 25.5 Å². The van der Waals surface area contributed by atoms with Crippen LogP contribution in [0.5, 0.6) is 5.75 Å². The van der Waals surface area contributed by atoms with Crippen molar-refractivity contribution in [2.24, 2.45) is 4.99 Å². The van der Waals surface area contributed by atoms with Gasteiger partial charge in [0.25, 0.3) is 0 Å². The fourth-order valence-electron chi connectivity index (χ4n) is 3.12. The normalized spacial score (nSPS) is 15.4. The van der Waals surface area contributed by atoms with Gasteiger partial charge < -0.3 is 14.4 Å². The Labute approximate surface area is 154 Å². The number of aryl methyl sites for hydroxylation is 2. The summed E-state index contributed by atoms with van der Waals surface area (Å²) in [5, 5.41) is 0. The molecule has 1 fully saturated rings. The molecule has 0 aliphatic carbocycles. The second kappa shape index (κ2) is 7.60. The lowest BCUT2D eigenvalue weighted by Gasteiger charge is -2.20. The van der Waals surface area contributed by atoms with Crippen molar-refractivity contribution in [1.29, 1.82) is 0 Å². The first-order valence-electron chi connectivity index (χ1n) is 8.72. The minimum atomic E-state index is -0.360. The predicted octanol–water partition coefficient (Wildman–Crippen LogP) is 4.43. The zero-order valence-electron chi connectivity index (χ0n) is 15.7. The highest BCUT2D eigenvalue weighted by atomic mass is 16.5. The van der Waals surface area contributed by atoms with E-state index < -0.39 is 0 Å². The molecule has 5 heteroatoms. The summed E-state index contributed by atoms with van der Waals surface area (Å²) >= 11 is 0. The van der Waals surface area contributed by atoms with Gasteiger partial charge in [-0.05, 0) is 67.8 Å². The number of nitrogens with zero attached hydrogens (tertiary/aromatic N) is 2.